The minimum atomic E-state index is -0.925. The zero-order valence-electron chi connectivity index (χ0n) is 17.7. The number of alkyl carbamates (subject to hydrolysis) is 1. The summed E-state index contributed by atoms with van der Waals surface area (Å²) in [7, 11) is 0. The van der Waals surface area contributed by atoms with E-state index in [0.29, 0.717) is 19.4 Å². The van der Waals surface area contributed by atoms with Gasteiger partial charge in [0.2, 0.25) is 5.95 Å². The lowest BCUT2D eigenvalue weighted by Gasteiger charge is -2.20. The number of amides is 2. The number of hydrogen-bond donors (Lipinski definition) is 2. The molecule has 2 aromatic rings. The minimum absolute atomic E-state index is 0.198. The second-order valence-electron chi connectivity index (χ2n) is 7.72. The van der Waals surface area contributed by atoms with E-state index in [4.69, 9.17) is 4.74 Å². The van der Waals surface area contributed by atoms with E-state index in [1.54, 1.807) is 20.8 Å². The number of Topliss-reactive ketones (excluding diaryl/α,β-unsaturated/α-hetero) is 1. The zero-order valence-corrected chi connectivity index (χ0v) is 17.7. The number of tetrazole rings is 1. The number of pyridine rings is 1. The van der Waals surface area contributed by atoms with Crippen molar-refractivity contribution in [2.75, 3.05) is 6.54 Å². The van der Waals surface area contributed by atoms with Gasteiger partial charge in [-0.3, -0.25) is 9.59 Å². The Labute approximate surface area is 178 Å². The average molecular weight is 435 g/mol. The molecule has 2 N–H and O–H groups in total. The molecule has 0 aliphatic carbocycles. The van der Waals surface area contributed by atoms with Crippen LogP contribution in [0.5, 0.6) is 0 Å². The van der Waals surface area contributed by atoms with Crippen LogP contribution in [0.3, 0.4) is 0 Å². The van der Waals surface area contributed by atoms with Gasteiger partial charge >= 0.3 is 6.09 Å². The molecule has 2 rings (SSSR count). The number of halogens is 1. The molecular weight excluding hydrogens is 409 g/mol. The molecule has 0 saturated carbocycles. The van der Waals surface area contributed by atoms with Crippen LogP contribution in [0.4, 0.5) is 9.18 Å². The number of ketones is 1. The second kappa shape index (κ2) is 11.1. The van der Waals surface area contributed by atoms with E-state index in [1.807, 2.05) is 0 Å². The lowest BCUT2D eigenvalue weighted by atomic mass is 10.0. The molecule has 0 fully saturated rings. The Morgan fingerprint density at radius 1 is 1.26 bits per heavy atom. The molecule has 0 aliphatic rings. The van der Waals surface area contributed by atoms with Crippen molar-refractivity contribution in [3.63, 3.8) is 0 Å². The van der Waals surface area contributed by atoms with Crippen molar-refractivity contribution in [3.8, 4) is 0 Å². The molecule has 0 radical (unpaired) electrons. The van der Waals surface area contributed by atoms with Gasteiger partial charge in [0.1, 0.15) is 12.1 Å². The maximum atomic E-state index is 13.8. The van der Waals surface area contributed by atoms with Gasteiger partial charge in [-0.05, 0) is 57.4 Å². The number of carbonyl (C=O) groups is 3. The van der Waals surface area contributed by atoms with Gasteiger partial charge in [0, 0.05) is 12.7 Å². The topological polar surface area (TPSA) is 141 Å². The third kappa shape index (κ3) is 8.44. The summed E-state index contributed by atoms with van der Waals surface area (Å²) in [6.45, 7) is 5.43. The number of unbranched alkanes of at least 4 members (excludes halogenated alkanes) is 1. The molecule has 12 heteroatoms. The predicted molar refractivity (Wildman–Crippen MR) is 106 cm³/mol. The van der Waals surface area contributed by atoms with Gasteiger partial charge in [-0.15, -0.1) is 10.2 Å². The van der Waals surface area contributed by atoms with Crippen LogP contribution < -0.4 is 10.6 Å². The molecule has 0 spiro atoms. The van der Waals surface area contributed by atoms with Crippen LogP contribution >= 0.6 is 0 Å². The van der Waals surface area contributed by atoms with Crippen LogP contribution in [-0.4, -0.2) is 61.2 Å². The van der Waals surface area contributed by atoms with Gasteiger partial charge in [-0.2, -0.15) is 9.19 Å². The highest BCUT2D eigenvalue weighted by atomic mass is 19.1. The van der Waals surface area contributed by atoms with Gasteiger partial charge in [0.05, 0.1) is 11.6 Å². The first kappa shape index (κ1) is 23.8. The van der Waals surface area contributed by atoms with Crippen molar-refractivity contribution in [2.24, 2.45) is 0 Å². The van der Waals surface area contributed by atoms with Crippen LogP contribution in [0.2, 0.25) is 0 Å². The van der Waals surface area contributed by atoms with Crippen LogP contribution in [0, 0.1) is 5.95 Å². The quantitative estimate of drug-likeness (QED) is 0.420. The fourth-order valence-electron chi connectivity index (χ4n) is 2.59. The van der Waals surface area contributed by atoms with Gasteiger partial charge in [-0.25, -0.2) is 9.78 Å². The minimum Gasteiger partial charge on any atom is -0.444 e. The first-order valence-corrected chi connectivity index (χ1v) is 9.77. The lowest BCUT2D eigenvalue weighted by Crippen LogP contribution is -2.43. The molecule has 11 nitrogen and oxygen atoms in total. The summed E-state index contributed by atoms with van der Waals surface area (Å²) in [6.07, 6.45) is 3.21. The Morgan fingerprint density at radius 2 is 2.03 bits per heavy atom. The van der Waals surface area contributed by atoms with E-state index in [-0.39, 0.29) is 24.3 Å². The van der Waals surface area contributed by atoms with Crippen LogP contribution in [0.1, 0.15) is 50.4 Å². The molecule has 0 bridgehead atoms. The van der Waals surface area contributed by atoms with E-state index in [1.165, 1.54) is 24.7 Å². The highest BCUT2D eigenvalue weighted by Crippen LogP contribution is 2.09. The average Bonchev–Trinajstić information content (AvgIpc) is 3.18. The Kier molecular flexibility index (Phi) is 8.53. The van der Waals surface area contributed by atoms with Crippen molar-refractivity contribution >= 4 is 17.8 Å². The molecule has 0 saturated heterocycles. The molecule has 168 valence electrons. The largest absolute Gasteiger partial charge is 0.444 e. The van der Waals surface area contributed by atoms with Crippen molar-refractivity contribution in [1.82, 2.24) is 35.8 Å². The summed E-state index contributed by atoms with van der Waals surface area (Å²) in [5.74, 6) is -2.04. The maximum absolute atomic E-state index is 13.8. The van der Waals surface area contributed by atoms with Crippen LogP contribution in [0.25, 0.3) is 0 Å². The SMILES string of the molecule is CC(C)(C)OC(=O)NCCCC[C@H](NC(=O)c1cccnc1F)C(=O)Cn1ncnn1. The number of nitrogens with zero attached hydrogens (tertiary/aromatic N) is 5. The van der Waals surface area contributed by atoms with Crippen LogP contribution in [0.15, 0.2) is 24.7 Å². The lowest BCUT2D eigenvalue weighted by molar-refractivity contribution is -0.122. The predicted octanol–water partition coefficient (Wildman–Crippen LogP) is 1.27. The maximum Gasteiger partial charge on any atom is 0.407 e. The summed E-state index contributed by atoms with van der Waals surface area (Å²) in [5, 5.41) is 16.1. The molecule has 2 amide bonds. The Morgan fingerprint density at radius 3 is 2.68 bits per heavy atom. The Hall–Kier alpha value is -3.44. The molecule has 0 aliphatic heterocycles. The first-order chi connectivity index (χ1) is 14.7. The number of aromatic nitrogens is 5. The molecule has 1 atom stereocenters. The van der Waals surface area contributed by atoms with Gasteiger partial charge in [0.15, 0.2) is 12.1 Å². The van der Waals surface area contributed by atoms with Crippen molar-refractivity contribution < 1.29 is 23.5 Å². The van der Waals surface area contributed by atoms with Crippen LogP contribution in [-0.2, 0) is 16.1 Å². The Bertz CT molecular complexity index is 884. The van der Waals surface area contributed by atoms with Gasteiger partial charge in [0.25, 0.3) is 5.91 Å². The van der Waals surface area contributed by atoms with E-state index < -0.39 is 29.6 Å². The monoisotopic (exact) mass is 435 g/mol. The standard InChI is InChI=1S/C19H26FN7O4/c1-19(2,3)31-18(30)22-9-5-4-8-14(15(28)11-27-24-12-23-26-27)25-17(29)13-7-6-10-21-16(13)20/h6-7,10,12,14H,4-5,8-9,11H2,1-3H3,(H,22,30)(H,25,29)/t14-/m0/s1. The molecule has 31 heavy (non-hydrogen) atoms. The third-order valence-corrected chi connectivity index (χ3v) is 3.97. The van der Waals surface area contributed by atoms with Gasteiger partial charge < -0.3 is 15.4 Å². The van der Waals surface area contributed by atoms with E-state index in [9.17, 15) is 18.8 Å². The normalized spacial score (nSPS) is 12.1. The van der Waals surface area contributed by atoms with E-state index >= 15 is 0 Å². The second-order valence-corrected chi connectivity index (χ2v) is 7.72. The molecule has 2 aromatic heterocycles. The number of nitrogens with one attached hydrogen (secondary N) is 2. The van der Waals surface area contributed by atoms with Crippen molar-refractivity contribution in [3.05, 3.63) is 36.2 Å². The Balaban J connectivity index is 1.91. The fourth-order valence-corrected chi connectivity index (χ4v) is 2.59. The zero-order chi connectivity index (χ0) is 22.9. The number of rotatable bonds is 10. The smallest absolute Gasteiger partial charge is 0.407 e. The van der Waals surface area contributed by atoms with Gasteiger partial charge in [-0.1, -0.05) is 0 Å². The highest BCUT2D eigenvalue weighted by molar-refractivity contribution is 5.97. The summed E-state index contributed by atoms with van der Waals surface area (Å²) in [4.78, 5) is 41.3. The van der Waals surface area contributed by atoms with E-state index in [0.717, 1.165) is 4.80 Å². The molecule has 2 heterocycles. The molecule has 0 aromatic carbocycles. The van der Waals surface area contributed by atoms with Crippen molar-refractivity contribution in [1.29, 1.82) is 0 Å². The fraction of sp³-hybridized carbons (Fsp3) is 0.526. The number of ether oxygens (including phenoxy) is 1. The number of carbonyl (C=O) groups excluding carboxylic acids is 3. The highest BCUT2D eigenvalue weighted by Gasteiger charge is 2.24. The summed E-state index contributed by atoms with van der Waals surface area (Å²) in [6, 6.07) is 1.80. The third-order valence-electron chi connectivity index (χ3n) is 3.97. The summed E-state index contributed by atoms with van der Waals surface area (Å²) < 4.78 is 19.0. The molecular formula is C19H26FN7O4. The first-order valence-electron chi connectivity index (χ1n) is 9.77. The summed E-state index contributed by atoms with van der Waals surface area (Å²) in [5.41, 5.74) is -0.853. The van der Waals surface area contributed by atoms with E-state index in [2.05, 4.69) is 31.0 Å². The van der Waals surface area contributed by atoms with Crippen molar-refractivity contribution in [2.45, 2.75) is 58.2 Å². The molecule has 0 unspecified atom stereocenters. The number of hydrogen-bond acceptors (Lipinski definition) is 8. The summed E-state index contributed by atoms with van der Waals surface area (Å²) >= 11 is 0.